The summed E-state index contributed by atoms with van der Waals surface area (Å²) in [6.07, 6.45) is -0.158. The summed E-state index contributed by atoms with van der Waals surface area (Å²) in [7, 11) is 0. The molecule has 0 bridgehead atoms. The molecule has 1 aliphatic rings. The van der Waals surface area contributed by atoms with E-state index >= 15 is 0 Å². The van der Waals surface area contributed by atoms with Gasteiger partial charge in [0.1, 0.15) is 0 Å². The number of thioether (sulfide) groups is 1. The zero-order valence-electron chi connectivity index (χ0n) is 17.0. The summed E-state index contributed by atoms with van der Waals surface area (Å²) in [6, 6.07) is 12.0. The highest BCUT2D eigenvalue weighted by molar-refractivity contribution is 7.99. The van der Waals surface area contributed by atoms with Crippen molar-refractivity contribution in [1.82, 2.24) is 5.32 Å². The third kappa shape index (κ3) is 6.26. The summed E-state index contributed by atoms with van der Waals surface area (Å²) >= 11 is 1.52. The van der Waals surface area contributed by atoms with Crippen molar-refractivity contribution in [3.63, 3.8) is 0 Å². The van der Waals surface area contributed by atoms with E-state index in [1.807, 2.05) is 0 Å². The van der Waals surface area contributed by atoms with Crippen LogP contribution in [0.2, 0.25) is 0 Å². The summed E-state index contributed by atoms with van der Waals surface area (Å²) in [5.41, 5.74) is 6.15. The van der Waals surface area contributed by atoms with E-state index < -0.39 is 17.6 Å². The van der Waals surface area contributed by atoms with Crippen LogP contribution in [-0.4, -0.2) is 17.1 Å². The van der Waals surface area contributed by atoms with Crippen LogP contribution in [0.5, 0.6) is 0 Å². The number of amides is 2. The Morgan fingerprint density at radius 3 is 2.32 bits per heavy atom. The fourth-order valence-corrected chi connectivity index (χ4v) is 5.15. The van der Waals surface area contributed by atoms with Gasteiger partial charge in [-0.3, -0.25) is 9.59 Å². The number of halogens is 3. The lowest BCUT2D eigenvalue weighted by atomic mass is 10.0. The van der Waals surface area contributed by atoms with Gasteiger partial charge in [0.2, 0.25) is 5.91 Å². The molecule has 1 saturated carbocycles. The van der Waals surface area contributed by atoms with Crippen LogP contribution in [-0.2, 0) is 23.3 Å². The minimum atomic E-state index is -4.47. The molecule has 0 radical (unpaired) electrons. The Bertz CT molecular complexity index is 910. The van der Waals surface area contributed by atoms with Crippen LogP contribution < -0.4 is 11.1 Å². The van der Waals surface area contributed by atoms with Gasteiger partial charge in [-0.05, 0) is 48.1 Å². The van der Waals surface area contributed by atoms with Crippen molar-refractivity contribution < 1.29 is 22.8 Å². The molecule has 1 aliphatic carbocycles. The molecule has 2 amide bonds. The number of primary amides is 1. The smallest absolute Gasteiger partial charge is 0.369 e. The fourth-order valence-electron chi connectivity index (χ4n) is 3.88. The van der Waals surface area contributed by atoms with Crippen molar-refractivity contribution in [1.29, 1.82) is 0 Å². The first-order valence-corrected chi connectivity index (χ1v) is 11.2. The van der Waals surface area contributed by atoms with E-state index in [2.05, 4.69) is 5.32 Å². The highest BCUT2D eigenvalue weighted by Gasteiger charge is 2.33. The van der Waals surface area contributed by atoms with Crippen molar-refractivity contribution in [3.05, 3.63) is 70.8 Å². The van der Waals surface area contributed by atoms with Crippen molar-refractivity contribution in [2.75, 3.05) is 0 Å². The van der Waals surface area contributed by atoms with Crippen LogP contribution in [0.15, 0.2) is 48.5 Å². The minimum absolute atomic E-state index is 0.0146. The number of hydrogen-bond acceptors (Lipinski definition) is 3. The highest BCUT2D eigenvalue weighted by atomic mass is 32.2. The molecular weight excluding hydrogens is 425 g/mol. The van der Waals surface area contributed by atoms with Crippen molar-refractivity contribution in [3.8, 4) is 0 Å². The molecule has 3 N–H and O–H groups in total. The Kier molecular flexibility index (Phi) is 7.64. The first kappa shape index (κ1) is 23.2. The summed E-state index contributed by atoms with van der Waals surface area (Å²) < 4.78 is 39.2. The number of alkyl halides is 3. The van der Waals surface area contributed by atoms with E-state index in [9.17, 15) is 22.8 Å². The van der Waals surface area contributed by atoms with Crippen LogP contribution in [0, 0.1) is 5.92 Å². The molecule has 0 heterocycles. The molecule has 0 saturated heterocycles. The molecule has 3 rings (SSSR count). The van der Waals surface area contributed by atoms with Gasteiger partial charge >= 0.3 is 6.18 Å². The third-order valence-corrected chi connectivity index (χ3v) is 6.99. The lowest BCUT2D eigenvalue weighted by molar-refractivity contribution is -0.138. The molecule has 2 aromatic carbocycles. The molecule has 2 aromatic rings. The van der Waals surface area contributed by atoms with Gasteiger partial charge in [0.05, 0.1) is 10.8 Å². The van der Waals surface area contributed by atoms with E-state index in [0.717, 1.165) is 37.3 Å². The quantitative estimate of drug-likeness (QED) is 0.600. The summed E-state index contributed by atoms with van der Waals surface area (Å²) in [4.78, 5) is 24.2. The van der Waals surface area contributed by atoms with Gasteiger partial charge in [-0.25, -0.2) is 0 Å². The Morgan fingerprint density at radius 1 is 1.06 bits per heavy atom. The second-order valence-electron chi connectivity index (χ2n) is 7.71. The number of nitrogens with two attached hydrogens (primary N) is 1. The van der Waals surface area contributed by atoms with E-state index in [1.54, 1.807) is 24.3 Å². The van der Waals surface area contributed by atoms with Crippen LogP contribution in [0.3, 0.4) is 0 Å². The fraction of sp³-hybridized carbons (Fsp3) is 0.391. The number of hydrogen-bond donors (Lipinski definition) is 2. The predicted molar refractivity (Wildman–Crippen MR) is 115 cm³/mol. The molecule has 1 fully saturated rings. The maximum absolute atomic E-state index is 13.1. The number of benzene rings is 2. The van der Waals surface area contributed by atoms with E-state index in [-0.39, 0.29) is 23.3 Å². The molecule has 166 valence electrons. The molecule has 0 aromatic heterocycles. The second kappa shape index (κ2) is 10.2. The Labute approximate surface area is 183 Å². The Balaban J connectivity index is 1.56. The molecule has 31 heavy (non-hydrogen) atoms. The molecule has 0 aliphatic heterocycles. The molecule has 4 nitrogen and oxygen atoms in total. The van der Waals surface area contributed by atoms with Gasteiger partial charge in [-0.15, -0.1) is 11.8 Å². The van der Waals surface area contributed by atoms with Crippen LogP contribution in [0.25, 0.3) is 0 Å². The maximum Gasteiger partial charge on any atom is 0.416 e. The Hall–Kier alpha value is -2.48. The molecule has 1 unspecified atom stereocenters. The molecular formula is C23H25F3N2O2S. The molecule has 0 spiro atoms. The highest BCUT2D eigenvalue weighted by Crippen LogP contribution is 2.35. The van der Waals surface area contributed by atoms with E-state index in [4.69, 9.17) is 5.73 Å². The largest absolute Gasteiger partial charge is 0.416 e. The van der Waals surface area contributed by atoms with Gasteiger partial charge in [0, 0.05) is 17.9 Å². The first-order chi connectivity index (χ1) is 14.8. The lowest BCUT2D eigenvalue weighted by Crippen LogP contribution is -2.31. The number of rotatable bonds is 8. The average Bonchev–Trinajstić information content (AvgIpc) is 3.26. The predicted octanol–water partition coefficient (Wildman–Crippen LogP) is 4.91. The maximum atomic E-state index is 13.1. The third-order valence-electron chi connectivity index (χ3n) is 5.52. The first-order valence-electron chi connectivity index (χ1n) is 10.2. The van der Waals surface area contributed by atoms with Crippen molar-refractivity contribution in [2.45, 2.75) is 49.4 Å². The average molecular weight is 451 g/mol. The monoisotopic (exact) mass is 450 g/mol. The van der Waals surface area contributed by atoms with Gasteiger partial charge in [0.15, 0.2) is 0 Å². The minimum Gasteiger partial charge on any atom is -0.369 e. The standard InChI is InChI=1S/C23H25F3N2O2S/c24-23(25,26)19-8-4-3-7-18(19)13-28-22(30)17-11-9-15(10-12-17)14-31-20(21(27)29)16-5-1-2-6-16/h3-4,7-12,16,20H,1-2,5-6,13-14H2,(H2,27,29)(H,28,30). The summed E-state index contributed by atoms with van der Waals surface area (Å²) in [5.74, 6) is 0.196. The van der Waals surface area contributed by atoms with Crippen molar-refractivity contribution in [2.24, 2.45) is 11.7 Å². The second-order valence-corrected chi connectivity index (χ2v) is 8.84. The number of nitrogens with one attached hydrogen (secondary N) is 1. The summed E-state index contributed by atoms with van der Waals surface area (Å²) in [5, 5.41) is 2.34. The summed E-state index contributed by atoms with van der Waals surface area (Å²) in [6.45, 7) is -0.214. The van der Waals surface area contributed by atoms with Gasteiger partial charge in [0.25, 0.3) is 5.91 Å². The van der Waals surface area contributed by atoms with Gasteiger partial charge in [-0.2, -0.15) is 13.2 Å². The van der Waals surface area contributed by atoms with E-state index in [1.165, 1.54) is 30.0 Å². The topological polar surface area (TPSA) is 72.2 Å². The molecule has 8 heteroatoms. The van der Waals surface area contributed by atoms with Gasteiger partial charge < -0.3 is 11.1 Å². The van der Waals surface area contributed by atoms with Crippen molar-refractivity contribution >= 4 is 23.6 Å². The SMILES string of the molecule is NC(=O)C(SCc1ccc(C(=O)NCc2ccccc2C(F)(F)F)cc1)C1CCCC1. The van der Waals surface area contributed by atoms with Gasteiger partial charge in [-0.1, -0.05) is 43.2 Å². The van der Waals surface area contributed by atoms with E-state index in [0.29, 0.717) is 17.2 Å². The number of carbonyl (C=O) groups is 2. The zero-order chi connectivity index (χ0) is 22.4. The lowest BCUT2D eigenvalue weighted by Gasteiger charge is -2.19. The van der Waals surface area contributed by atoms with Crippen LogP contribution in [0.4, 0.5) is 13.2 Å². The number of carbonyl (C=O) groups excluding carboxylic acids is 2. The Morgan fingerprint density at radius 2 is 1.71 bits per heavy atom. The zero-order valence-corrected chi connectivity index (χ0v) is 17.8. The molecule has 1 atom stereocenters. The van der Waals surface area contributed by atoms with Crippen LogP contribution in [0.1, 0.15) is 52.7 Å². The normalized spacial score (nSPS) is 15.6. The van der Waals surface area contributed by atoms with Crippen LogP contribution >= 0.6 is 11.8 Å².